The second-order valence-electron chi connectivity index (χ2n) is 6.56. The van der Waals surface area contributed by atoms with Gasteiger partial charge in [-0.3, -0.25) is 14.0 Å². The van der Waals surface area contributed by atoms with Crippen LogP contribution in [0, 0.1) is 13.8 Å². The van der Waals surface area contributed by atoms with E-state index >= 15 is 0 Å². The SMILES string of the molecule is C=CCn1c(SCC(=O)Nc2c(C)nn(C)c2C)nnc1[C@@H](O)c1ccccc1. The Balaban J connectivity index is 1.73. The Bertz CT molecular complexity index is 1010. The minimum absolute atomic E-state index is 0.157. The van der Waals surface area contributed by atoms with Crippen LogP contribution in [0.4, 0.5) is 5.69 Å². The van der Waals surface area contributed by atoms with E-state index in [4.69, 9.17) is 0 Å². The molecule has 3 aromatic rings. The highest BCUT2D eigenvalue weighted by Crippen LogP contribution is 2.25. The number of nitrogens with zero attached hydrogens (tertiary/aromatic N) is 5. The van der Waals surface area contributed by atoms with Crippen LogP contribution in [0.1, 0.15) is 28.9 Å². The zero-order valence-electron chi connectivity index (χ0n) is 16.7. The number of aryl methyl sites for hydroxylation is 2. The summed E-state index contributed by atoms with van der Waals surface area (Å²) in [6.07, 6.45) is 0.796. The van der Waals surface area contributed by atoms with Crippen molar-refractivity contribution in [1.29, 1.82) is 0 Å². The maximum atomic E-state index is 12.4. The number of carbonyl (C=O) groups is 1. The van der Waals surface area contributed by atoms with Crippen molar-refractivity contribution in [3.05, 3.63) is 65.8 Å². The molecule has 1 aromatic carbocycles. The molecular weight excluding hydrogens is 388 g/mol. The minimum Gasteiger partial charge on any atom is -0.380 e. The van der Waals surface area contributed by atoms with Crippen molar-refractivity contribution in [1.82, 2.24) is 24.5 Å². The van der Waals surface area contributed by atoms with E-state index in [0.29, 0.717) is 17.5 Å². The Morgan fingerprint density at radius 1 is 1.31 bits per heavy atom. The Hall–Kier alpha value is -2.91. The molecule has 8 nitrogen and oxygen atoms in total. The number of amides is 1. The molecule has 0 saturated carbocycles. The summed E-state index contributed by atoms with van der Waals surface area (Å²) in [6.45, 7) is 7.95. The Morgan fingerprint density at radius 2 is 2.03 bits per heavy atom. The van der Waals surface area contributed by atoms with Crippen molar-refractivity contribution in [3.8, 4) is 0 Å². The number of aromatic nitrogens is 5. The minimum atomic E-state index is -0.910. The third kappa shape index (κ3) is 4.57. The summed E-state index contributed by atoms with van der Waals surface area (Å²) >= 11 is 1.26. The first kappa shape index (κ1) is 20.8. The van der Waals surface area contributed by atoms with Gasteiger partial charge in [-0.05, 0) is 19.4 Å². The number of anilines is 1. The van der Waals surface area contributed by atoms with Gasteiger partial charge in [0.15, 0.2) is 11.0 Å². The predicted molar refractivity (Wildman–Crippen MR) is 113 cm³/mol. The molecule has 152 valence electrons. The first-order chi connectivity index (χ1) is 13.9. The number of carbonyl (C=O) groups excluding carboxylic acids is 1. The van der Waals surface area contributed by atoms with Gasteiger partial charge in [0.25, 0.3) is 0 Å². The van der Waals surface area contributed by atoms with Crippen LogP contribution in [0.3, 0.4) is 0 Å². The predicted octanol–water partition coefficient (Wildman–Crippen LogP) is 2.63. The van der Waals surface area contributed by atoms with Gasteiger partial charge in [-0.25, -0.2) is 0 Å². The molecule has 9 heteroatoms. The van der Waals surface area contributed by atoms with Crippen molar-refractivity contribution in [2.24, 2.45) is 7.05 Å². The lowest BCUT2D eigenvalue weighted by Gasteiger charge is -2.13. The number of hydrogen-bond donors (Lipinski definition) is 2. The molecule has 0 aliphatic carbocycles. The van der Waals surface area contributed by atoms with Crippen LogP contribution in [0.5, 0.6) is 0 Å². The third-order valence-corrected chi connectivity index (χ3v) is 5.49. The second kappa shape index (κ2) is 9.06. The van der Waals surface area contributed by atoms with Crippen molar-refractivity contribution >= 4 is 23.4 Å². The summed E-state index contributed by atoms with van der Waals surface area (Å²) in [6, 6.07) is 9.26. The van der Waals surface area contributed by atoms with E-state index in [2.05, 4.69) is 27.2 Å². The summed E-state index contributed by atoms with van der Waals surface area (Å²) < 4.78 is 3.50. The average Bonchev–Trinajstić information content (AvgIpc) is 3.22. The number of hydrogen-bond acceptors (Lipinski definition) is 6. The van der Waals surface area contributed by atoms with E-state index in [0.717, 1.165) is 22.6 Å². The van der Waals surface area contributed by atoms with E-state index < -0.39 is 6.10 Å². The van der Waals surface area contributed by atoms with E-state index in [1.165, 1.54) is 11.8 Å². The topological polar surface area (TPSA) is 97.9 Å². The largest absolute Gasteiger partial charge is 0.380 e. The van der Waals surface area contributed by atoms with Crippen LogP contribution in [0.25, 0.3) is 0 Å². The molecule has 2 N–H and O–H groups in total. The highest BCUT2D eigenvalue weighted by molar-refractivity contribution is 7.99. The normalized spacial score (nSPS) is 12.0. The van der Waals surface area contributed by atoms with E-state index in [-0.39, 0.29) is 11.7 Å². The van der Waals surface area contributed by atoms with E-state index in [1.807, 2.05) is 51.2 Å². The highest BCUT2D eigenvalue weighted by atomic mass is 32.2. The van der Waals surface area contributed by atoms with Crippen molar-refractivity contribution in [3.63, 3.8) is 0 Å². The van der Waals surface area contributed by atoms with Gasteiger partial charge in [0.1, 0.15) is 6.10 Å². The maximum absolute atomic E-state index is 12.4. The van der Waals surface area contributed by atoms with Crippen LogP contribution in [-0.2, 0) is 18.4 Å². The fourth-order valence-corrected chi connectivity index (χ4v) is 3.71. The van der Waals surface area contributed by atoms with Crippen LogP contribution in [0.15, 0.2) is 48.1 Å². The molecule has 1 amide bonds. The molecule has 1 atom stereocenters. The van der Waals surface area contributed by atoms with Gasteiger partial charge < -0.3 is 10.4 Å². The van der Waals surface area contributed by atoms with Gasteiger partial charge in [0.05, 0.1) is 22.8 Å². The lowest BCUT2D eigenvalue weighted by Crippen LogP contribution is -2.16. The molecule has 3 rings (SSSR count). The maximum Gasteiger partial charge on any atom is 0.234 e. The summed E-state index contributed by atoms with van der Waals surface area (Å²) in [5.41, 5.74) is 3.11. The average molecular weight is 413 g/mol. The lowest BCUT2D eigenvalue weighted by molar-refractivity contribution is -0.113. The molecule has 0 aliphatic rings. The molecular formula is C20H24N6O2S. The molecule has 0 saturated heterocycles. The number of nitrogens with one attached hydrogen (secondary N) is 1. The quantitative estimate of drug-likeness (QED) is 0.436. The van der Waals surface area contributed by atoms with Gasteiger partial charge in [-0.1, -0.05) is 48.2 Å². The zero-order chi connectivity index (χ0) is 21.0. The number of aliphatic hydroxyl groups excluding tert-OH is 1. The summed E-state index contributed by atoms with van der Waals surface area (Å²) in [5.74, 6) is 0.412. The Labute approximate surface area is 173 Å². The van der Waals surface area contributed by atoms with Crippen molar-refractivity contribution < 1.29 is 9.90 Å². The highest BCUT2D eigenvalue weighted by Gasteiger charge is 2.21. The van der Waals surface area contributed by atoms with E-state index in [9.17, 15) is 9.90 Å². The number of aliphatic hydroxyl groups is 1. The van der Waals surface area contributed by atoms with E-state index in [1.54, 1.807) is 15.3 Å². The third-order valence-electron chi connectivity index (χ3n) is 4.52. The first-order valence-corrected chi connectivity index (χ1v) is 10.1. The van der Waals surface area contributed by atoms with Crippen LogP contribution < -0.4 is 5.32 Å². The Morgan fingerprint density at radius 3 is 2.66 bits per heavy atom. The van der Waals surface area contributed by atoms with Crippen LogP contribution >= 0.6 is 11.8 Å². The number of thioether (sulfide) groups is 1. The van der Waals surface area contributed by atoms with Gasteiger partial charge in [-0.2, -0.15) is 5.10 Å². The summed E-state index contributed by atoms with van der Waals surface area (Å²) in [5, 5.41) is 26.8. The molecule has 0 aliphatic heterocycles. The monoisotopic (exact) mass is 412 g/mol. The first-order valence-electron chi connectivity index (χ1n) is 9.12. The number of allylic oxidation sites excluding steroid dienone is 1. The van der Waals surface area contributed by atoms with Gasteiger partial charge in [0, 0.05) is 13.6 Å². The van der Waals surface area contributed by atoms with Crippen molar-refractivity contribution in [2.75, 3.05) is 11.1 Å². The molecule has 0 bridgehead atoms. The molecule has 29 heavy (non-hydrogen) atoms. The summed E-state index contributed by atoms with van der Waals surface area (Å²) in [7, 11) is 1.84. The molecule has 0 unspecified atom stereocenters. The second-order valence-corrected chi connectivity index (χ2v) is 7.50. The standard InChI is InChI=1S/C20H24N6O2S/c1-5-11-26-19(18(28)15-9-7-6-8-10-15)22-23-20(26)29-12-16(27)21-17-13(2)24-25(4)14(17)3/h5-10,18,28H,1,11-12H2,2-4H3,(H,21,27)/t18-/m0/s1. The smallest absolute Gasteiger partial charge is 0.234 e. The molecule has 0 radical (unpaired) electrons. The van der Waals surface area contributed by atoms with Gasteiger partial charge in [0.2, 0.25) is 5.91 Å². The zero-order valence-corrected chi connectivity index (χ0v) is 17.5. The Kier molecular flexibility index (Phi) is 6.50. The lowest BCUT2D eigenvalue weighted by atomic mass is 10.1. The molecule has 0 spiro atoms. The fraction of sp³-hybridized carbons (Fsp3) is 0.300. The molecule has 2 aromatic heterocycles. The molecule has 0 fully saturated rings. The number of rotatable bonds is 8. The molecule has 2 heterocycles. The number of benzene rings is 1. The fourth-order valence-electron chi connectivity index (χ4n) is 2.95. The van der Waals surface area contributed by atoms with Crippen LogP contribution in [0.2, 0.25) is 0 Å². The van der Waals surface area contributed by atoms with Gasteiger partial charge >= 0.3 is 0 Å². The summed E-state index contributed by atoms with van der Waals surface area (Å²) in [4.78, 5) is 12.4. The van der Waals surface area contributed by atoms with Crippen LogP contribution in [-0.4, -0.2) is 41.3 Å². The van der Waals surface area contributed by atoms with Crippen molar-refractivity contribution in [2.45, 2.75) is 31.7 Å². The van der Waals surface area contributed by atoms with Gasteiger partial charge in [-0.15, -0.1) is 16.8 Å².